The van der Waals surface area contributed by atoms with Crippen LogP contribution in [0.4, 0.5) is 0 Å². The first-order valence-corrected chi connectivity index (χ1v) is 4.73. The van der Waals surface area contributed by atoms with Crippen molar-refractivity contribution in [3.05, 3.63) is 53.7 Å². The Labute approximate surface area is 88.8 Å². The lowest BCUT2D eigenvalue weighted by atomic mass is 10.1. The summed E-state index contributed by atoms with van der Waals surface area (Å²) in [6.07, 6.45) is 1.62. The summed E-state index contributed by atoms with van der Waals surface area (Å²) in [6.45, 7) is 1.92. The maximum atomic E-state index is 8.79. The molecule has 0 aliphatic heterocycles. The van der Waals surface area contributed by atoms with Gasteiger partial charge in [-0.2, -0.15) is 5.26 Å². The number of hydrogen-bond acceptors (Lipinski definition) is 2. The Morgan fingerprint density at radius 2 is 1.93 bits per heavy atom. The predicted molar refractivity (Wildman–Crippen MR) is 59.1 cm³/mol. The SMILES string of the molecule is Cc1cc(-c2ccccc2)ncc1C#N. The van der Waals surface area contributed by atoms with Gasteiger partial charge in [0.05, 0.1) is 11.3 Å². The maximum Gasteiger partial charge on any atom is 0.101 e. The molecule has 0 bridgehead atoms. The van der Waals surface area contributed by atoms with E-state index in [2.05, 4.69) is 11.1 Å². The summed E-state index contributed by atoms with van der Waals surface area (Å²) >= 11 is 0. The van der Waals surface area contributed by atoms with Crippen molar-refractivity contribution in [3.63, 3.8) is 0 Å². The van der Waals surface area contributed by atoms with Gasteiger partial charge in [0.1, 0.15) is 6.07 Å². The van der Waals surface area contributed by atoms with E-state index in [1.807, 2.05) is 43.3 Å². The molecule has 2 rings (SSSR count). The van der Waals surface area contributed by atoms with Gasteiger partial charge in [-0.05, 0) is 18.6 Å². The minimum atomic E-state index is 0.634. The molecule has 0 aliphatic carbocycles. The first kappa shape index (κ1) is 9.42. The highest BCUT2D eigenvalue weighted by Gasteiger charge is 2.02. The summed E-state index contributed by atoms with van der Waals surface area (Å²) in [5.41, 5.74) is 3.58. The van der Waals surface area contributed by atoms with E-state index in [9.17, 15) is 0 Å². The summed E-state index contributed by atoms with van der Waals surface area (Å²) in [5.74, 6) is 0. The molecule has 2 aromatic rings. The van der Waals surface area contributed by atoms with Crippen molar-refractivity contribution >= 4 is 0 Å². The van der Waals surface area contributed by atoms with Crippen LogP contribution in [0, 0.1) is 18.3 Å². The van der Waals surface area contributed by atoms with E-state index in [0.29, 0.717) is 5.56 Å². The number of nitriles is 1. The van der Waals surface area contributed by atoms with Crippen LogP contribution in [0.1, 0.15) is 11.1 Å². The van der Waals surface area contributed by atoms with Crippen molar-refractivity contribution in [3.8, 4) is 17.3 Å². The highest BCUT2D eigenvalue weighted by molar-refractivity contribution is 5.60. The Morgan fingerprint density at radius 1 is 1.20 bits per heavy atom. The zero-order valence-corrected chi connectivity index (χ0v) is 8.44. The Balaban J connectivity index is 2.49. The monoisotopic (exact) mass is 194 g/mol. The van der Waals surface area contributed by atoms with E-state index < -0.39 is 0 Å². The number of benzene rings is 1. The van der Waals surface area contributed by atoms with Crippen molar-refractivity contribution in [2.45, 2.75) is 6.92 Å². The third-order valence-electron chi connectivity index (χ3n) is 2.30. The molecular formula is C13H10N2. The van der Waals surface area contributed by atoms with E-state index in [1.54, 1.807) is 6.20 Å². The molecule has 0 fully saturated rings. The molecule has 1 aromatic carbocycles. The zero-order valence-electron chi connectivity index (χ0n) is 8.44. The largest absolute Gasteiger partial charge is 0.255 e. The van der Waals surface area contributed by atoms with Gasteiger partial charge in [0, 0.05) is 11.8 Å². The molecule has 0 saturated heterocycles. The van der Waals surface area contributed by atoms with E-state index >= 15 is 0 Å². The summed E-state index contributed by atoms with van der Waals surface area (Å²) in [6, 6.07) is 14.0. The van der Waals surface area contributed by atoms with Crippen molar-refractivity contribution in [1.29, 1.82) is 5.26 Å². The van der Waals surface area contributed by atoms with Crippen LogP contribution in [0.2, 0.25) is 0 Å². The van der Waals surface area contributed by atoms with E-state index in [1.165, 1.54) is 0 Å². The van der Waals surface area contributed by atoms with Crippen LogP contribution in [-0.4, -0.2) is 4.98 Å². The van der Waals surface area contributed by atoms with Gasteiger partial charge >= 0.3 is 0 Å². The molecule has 2 heteroatoms. The smallest absolute Gasteiger partial charge is 0.101 e. The Kier molecular flexibility index (Phi) is 2.47. The summed E-state index contributed by atoms with van der Waals surface area (Å²) in [5, 5.41) is 8.79. The topological polar surface area (TPSA) is 36.7 Å². The highest BCUT2D eigenvalue weighted by Crippen LogP contribution is 2.18. The molecule has 0 atom stereocenters. The standard InChI is InChI=1S/C13H10N2/c1-10-7-13(15-9-12(10)8-14)11-5-3-2-4-6-11/h2-7,9H,1H3. The summed E-state index contributed by atoms with van der Waals surface area (Å²) < 4.78 is 0. The van der Waals surface area contributed by atoms with Crippen LogP contribution >= 0.6 is 0 Å². The molecule has 72 valence electrons. The normalized spacial score (nSPS) is 9.60. The molecule has 0 saturated carbocycles. The van der Waals surface area contributed by atoms with Gasteiger partial charge in [0.15, 0.2) is 0 Å². The minimum absolute atomic E-state index is 0.634. The lowest BCUT2D eigenvalue weighted by Gasteiger charge is -2.02. The fourth-order valence-corrected chi connectivity index (χ4v) is 1.44. The second-order valence-electron chi connectivity index (χ2n) is 3.36. The average molecular weight is 194 g/mol. The predicted octanol–water partition coefficient (Wildman–Crippen LogP) is 2.93. The number of nitrogens with zero attached hydrogens (tertiary/aromatic N) is 2. The van der Waals surface area contributed by atoms with Crippen molar-refractivity contribution < 1.29 is 0 Å². The van der Waals surface area contributed by atoms with Crippen LogP contribution in [0.15, 0.2) is 42.6 Å². The number of aromatic nitrogens is 1. The third kappa shape index (κ3) is 1.87. The zero-order chi connectivity index (χ0) is 10.7. The van der Waals surface area contributed by atoms with E-state index in [0.717, 1.165) is 16.8 Å². The average Bonchev–Trinajstić information content (AvgIpc) is 2.30. The van der Waals surface area contributed by atoms with Crippen LogP contribution in [0.25, 0.3) is 11.3 Å². The van der Waals surface area contributed by atoms with Gasteiger partial charge in [-0.15, -0.1) is 0 Å². The molecule has 0 aliphatic rings. The van der Waals surface area contributed by atoms with Crippen LogP contribution in [0.5, 0.6) is 0 Å². The quantitative estimate of drug-likeness (QED) is 0.699. The molecule has 0 unspecified atom stereocenters. The van der Waals surface area contributed by atoms with Gasteiger partial charge in [-0.3, -0.25) is 4.98 Å². The van der Waals surface area contributed by atoms with Crippen LogP contribution in [-0.2, 0) is 0 Å². The second-order valence-corrected chi connectivity index (χ2v) is 3.36. The van der Waals surface area contributed by atoms with Crippen LogP contribution < -0.4 is 0 Å². The van der Waals surface area contributed by atoms with Gasteiger partial charge in [-0.25, -0.2) is 0 Å². The van der Waals surface area contributed by atoms with E-state index in [4.69, 9.17) is 5.26 Å². The molecule has 2 nitrogen and oxygen atoms in total. The van der Waals surface area contributed by atoms with Gasteiger partial charge in [0.2, 0.25) is 0 Å². The number of pyridine rings is 1. The number of rotatable bonds is 1. The molecule has 0 amide bonds. The van der Waals surface area contributed by atoms with Gasteiger partial charge < -0.3 is 0 Å². The Morgan fingerprint density at radius 3 is 2.53 bits per heavy atom. The Bertz CT molecular complexity index is 510. The first-order chi connectivity index (χ1) is 7.31. The van der Waals surface area contributed by atoms with Crippen molar-refractivity contribution in [2.24, 2.45) is 0 Å². The molecular weight excluding hydrogens is 184 g/mol. The molecule has 0 N–H and O–H groups in total. The first-order valence-electron chi connectivity index (χ1n) is 4.73. The number of hydrogen-bond donors (Lipinski definition) is 0. The van der Waals surface area contributed by atoms with Crippen molar-refractivity contribution in [1.82, 2.24) is 4.98 Å². The fourth-order valence-electron chi connectivity index (χ4n) is 1.44. The Hall–Kier alpha value is -2.14. The maximum absolute atomic E-state index is 8.79. The molecule has 0 spiro atoms. The third-order valence-corrected chi connectivity index (χ3v) is 2.30. The second kappa shape index (κ2) is 3.93. The lowest BCUT2D eigenvalue weighted by molar-refractivity contribution is 1.26. The molecule has 1 aromatic heterocycles. The highest BCUT2D eigenvalue weighted by atomic mass is 14.7. The number of aryl methyl sites for hydroxylation is 1. The molecule has 15 heavy (non-hydrogen) atoms. The summed E-state index contributed by atoms with van der Waals surface area (Å²) in [4.78, 5) is 4.26. The minimum Gasteiger partial charge on any atom is -0.255 e. The van der Waals surface area contributed by atoms with Gasteiger partial charge in [-0.1, -0.05) is 30.3 Å². The van der Waals surface area contributed by atoms with E-state index in [-0.39, 0.29) is 0 Å². The van der Waals surface area contributed by atoms with Crippen LogP contribution in [0.3, 0.4) is 0 Å². The fraction of sp³-hybridized carbons (Fsp3) is 0.0769. The lowest BCUT2D eigenvalue weighted by Crippen LogP contribution is -1.88. The summed E-state index contributed by atoms with van der Waals surface area (Å²) in [7, 11) is 0. The van der Waals surface area contributed by atoms with Gasteiger partial charge in [0.25, 0.3) is 0 Å². The molecule has 0 radical (unpaired) electrons. The van der Waals surface area contributed by atoms with Crippen molar-refractivity contribution in [2.75, 3.05) is 0 Å². The molecule has 1 heterocycles.